The highest BCUT2D eigenvalue weighted by Gasteiger charge is 2.15. The van der Waals surface area contributed by atoms with E-state index in [1.807, 2.05) is 73.7 Å². The maximum absolute atomic E-state index is 12.6. The van der Waals surface area contributed by atoms with Crippen LogP contribution in [0.4, 0.5) is 11.4 Å². The van der Waals surface area contributed by atoms with E-state index in [0.717, 1.165) is 26.5 Å². The maximum Gasteiger partial charge on any atom is 0.246 e. The zero-order chi connectivity index (χ0) is 20.2. The molecule has 0 bridgehead atoms. The minimum absolute atomic E-state index is 0.139. The lowest BCUT2D eigenvalue weighted by Crippen LogP contribution is -2.32. The Labute approximate surface area is 173 Å². The van der Waals surface area contributed by atoms with Crippen molar-refractivity contribution in [2.24, 2.45) is 0 Å². The number of nitrogens with one attached hydrogen (secondary N) is 2. The average molecular weight is 404 g/mol. The third-order valence-corrected chi connectivity index (χ3v) is 5.63. The largest absolute Gasteiger partial charge is 0.495 e. The second-order valence-corrected chi connectivity index (χ2v) is 7.65. The van der Waals surface area contributed by atoms with Crippen molar-refractivity contribution < 1.29 is 9.53 Å². The number of ether oxygens (including phenoxy) is 1. The molecule has 146 valence electrons. The number of para-hydroxylation sites is 3. The number of benzene rings is 3. The van der Waals surface area contributed by atoms with Crippen molar-refractivity contribution in [3.63, 3.8) is 0 Å². The van der Waals surface area contributed by atoms with Crippen LogP contribution in [0.1, 0.15) is 6.92 Å². The standard InChI is InChI=1S/C23H21N3O2S/c1-15(22(27)25-18-10-3-5-12-20(18)28-2)24-17-9-7-8-16(14-17)23-26-19-11-4-6-13-21(19)29-23/h3-15,24H,1-2H3,(H,25,27)/t15-/m0/s1. The Balaban J connectivity index is 1.49. The summed E-state index contributed by atoms with van der Waals surface area (Å²) in [5, 5.41) is 7.14. The molecular formula is C23H21N3O2S. The second-order valence-electron chi connectivity index (χ2n) is 6.62. The first-order valence-electron chi connectivity index (χ1n) is 9.30. The van der Waals surface area contributed by atoms with Gasteiger partial charge in [-0.2, -0.15) is 0 Å². The minimum Gasteiger partial charge on any atom is -0.495 e. The van der Waals surface area contributed by atoms with Crippen molar-refractivity contribution in [3.05, 3.63) is 72.8 Å². The lowest BCUT2D eigenvalue weighted by molar-refractivity contribution is -0.116. The fraction of sp³-hybridized carbons (Fsp3) is 0.130. The van der Waals surface area contributed by atoms with Crippen LogP contribution in [-0.4, -0.2) is 24.0 Å². The molecule has 0 aliphatic heterocycles. The molecule has 4 aromatic rings. The van der Waals surface area contributed by atoms with Crippen LogP contribution in [0.15, 0.2) is 72.8 Å². The summed E-state index contributed by atoms with van der Waals surface area (Å²) in [4.78, 5) is 17.3. The summed E-state index contributed by atoms with van der Waals surface area (Å²) in [6, 6.07) is 23.0. The lowest BCUT2D eigenvalue weighted by Gasteiger charge is -2.17. The summed E-state index contributed by atoms with van der Waals surface area (Å²) in [6.45, 7) is 1.83. The molecule has 0 spiro atoms. The quantitative estimate of drug-likeness (QED) is 0.452. The molecule has 0 aliphatic carbocycles. The van der Waals surface area contributed by atoms with Gasteiger partial charge in [0.2, 0.25) is 5.91 Å². The Morgan fingerprint density at radius 3 is 2.66 bits per heavy atom. The molecule has 3 aromatic carbocycles. The number of methoxy groups -OCH3 is 1. The van der Waals surface area contributed by atoms with Crippen LogP contribution in [0.25, 0.3) is 20.8 Å². The van der Waals surface area contributed by atoms with E-state index in [1.54, 1.807) is 18.4 Å². The number of amides is 1. The Bertz CT molecular complexity index is 1120. The molecule has 0 saturated carbocycles. The van der Waals surface area contributed by atoms with Crippen molar-refractivity contribution in [1.29, 1.82) is 0 Å². The van der Waals surface area contributed by atoms with Crippen LogP contribution < -0.4 is 15.4 Å². The number of rotatable bonds is 6. The first-order chi connectivity index (χ1) is 14.1. The van der Waals surface area contributed by atoms with E-state index < -0.39 is 6.04 Å². The highest BCUT2D eigenvalue weighted by atomic mass is 32.1. The van der Waals surface area contributed by atoms with Crippen LogP contribution in [0.3, 0.4) is 0 Å². The molecular weight excluding hydrogens is 382 g/mol. The first kappa shape index (κ1) is 19.0. The van der Waals surface area contributed by atoms with Gasteiger partial charge in [-0.3, -0.25) is 4.79 Å². The van der Waals surface area contributed by atoms with Gasteiger partial charge >= 0.3 is 0 Å². The molecule has 0 fully saturated rings. The van der Waals surface area contributed by atoms with E-state index in [4.69, 9.17) is 9.72 Å². The second kappa shape index (κ2) is 8.32. The minimum atomic E-state index is -0.425. The van der Waals surface area contributed by atoms with Gasteiger partial charge in [0.15, 0.2) is 0 Å². The number of anilines is 2. The number of carbonyl (C=O) groups excluding carboxylic acids is 1. The van der Waals surface area contributed by atoms with Gasteiger partial charge in [0.25, 0.3) is 0 Å². The average Bonchev–Trinajstić information content (AvgIpc) is 3.18. The van der Waals surface area contributed by atoms with Crippen LogP contribution in [0, 0.1) is 0 Å². The number of hydrogen-bond acceptors (Lipinski definition) is 5. The summed E-state index contributed by atoms with van der Waals surface area (Å²) in [6.07, 6.45) is 0. The molecule has 1 heterocycles. The van der Waals surface area contributed by atoms with E-state index in [2.05, 4.69) is 16.7 Å². The van der Waals surface area contributed by atoms with Gasteiger partial charge in [-0.1, -0.05) is 36.4 Å². The van der Waals surface area contributed by atoms with Crippen molar-refractivity contribution in [3.8, 4) is 16.3 Å². The third-order valence-electron chi connectivity index (χ3n) is 4.54. The molecule has 0 unspecified atom stereocenters. The smallest absolute Gasteiger partial charge is 0.246 e. The first-order valence-corrected chi connectivity index (χ1v) is 10.1. The van der Waals surface area contributed by atoms with E-state index >= 15 is 0 Å². The lowest BCUT2D eigenvalue weighted by atomic mass is 10.2. The molecule has 1 aromatic heterocycles. The Kier molecular flexibility index (Phi) is 5.44. The van der Waals surface area contributed by atoms with Gasteiger partial charge in [0, 0.05) is 11.3 Å². The molecule has 0 saturated heterocycles. The summed E-state index contributed by atoms with van der Waals surface area (Å²) in [5.74, 6) is 0.491. The molecule has 1 atom stereocenters. The number of fused-ring (bicyclic) bond motifs is 1. The van der Waals surface area contributed by atoms with Gasteiger partial charge in [-0.05, 0) is 43.3 Å². The predicted octanol–water partition coefficient (Wildman–Crippen LogP) is 5.41. The SMILES string of the molecule is COc1ccccc1NC(=O)[C@H](C)Nc1cccc(-c2nc3ccccc3s2)c1. The summed E-state index contributed by atoms with van der Waals surface area (Å²) >= 11 is 1.66. The maximum atomic E-state index is 12.6. The van der Waals surface area contributed by atoms with Crippen LogP contribution >= 0.6 is 11.3 Å². The van der Waals surface area contributed by atoms with Gasteiger partial charge in [0.05, 0.1) is 23.0 Å². The summed E-state index contributed by atoms with van der Waals surface area (Å²) in [5.41, 5.74) is 3.53. The summed E-state index contributed by atoms with van der Waals surface area (Å²) < 4.78 is 6.45. The zero-order valence-electron chi connectivity index (χ0n) is 16.2. The van der Waals surface area contributed by atoms with Crippen molar-refractivity contribution >= 4 is 38.8 Å². The van der Waals surface area contributed by atoms with Crippen LogP contribution in [-0.2, 0) is 4.79 Å². The van der Waals surface area contributed by atoms with Gasteiger partial charge < -0.3 is 15.4 Å². The number of thiazole rings is 1. The fourth-order valence-electron chi connectivity index (χ4n) is 3.04. The molecule has 0 aliphatic rings. The Hall–Kier alpha value is -3.38. The highest BCUT2D eigenvalue weighted by molar-refractivity contribution is 7.21. The summed E-state index contributed by atoms with van der Waals surface area (Å²) in [7, 11) is 1.58. The van der Waals surface area contributed by atoms with Gasteiger partial charge in [0.1, 0.15) is 16.8 Å². The van der Waals surface area contributed by atoms with Crippen LogP contribution in [0.2, 0.25) is 0 Å². The van der Waals surface area contributed by atoms with E-state index in [1.165, 1.54) is 0 Å². The number of carbonyl (C=O) groups is 1. The Morgan fingerprint density at radius 1 is 1.03 bits per heavy atom. The van der Waals surface area contributed by atoms with Crippen molar-refractivity contribution in [2.45, 2.75) is 13.0 Å². The molecule has 2 N–H and O–H groups in total. The van der Waals surface area contributed by atoms with E-state index in [0.29, 0.717) is 11.4 Å². The number of nitrogens with zero attached hydrogens (tertiary/aromatic N) is 1. The fourth-order valence-corrected chi connectivity index (χ4v) is 4.00. The molecule has 0 radical (unpaired) electrons. The molecule has 5 nitrogen and oxygen atoms in total. The monoisotopic (exact) mass is 403 g/mol. The van der Waals surface area contributed by atoms with Gasteiger partial charge in [-0.15, -0.1) is 11.3 Å². The zero-order valence-corrected chi connectivity index (χ0v) is 17.0. The topological polar surface area (TPSA) is 63.2 Å². The molecule has 29 heavy (non-hydrogen) atoms. The van der Waals surface area contributed by atoms with E-state index in [9.17, 15) is 4.79 Å². The van der Waals surface area contributed by atoms with Crippen molar-refractivity contribution in [1.82, 2.24) is 4.98 Å². The Morgan fingerprint density at radius 2 is 1.83 bits per heavy atom. The van der Waals surface area contributed by atoms with Gasteiger partial charge in [-0.25, -0.2) is 4.98 Å². The molecule has 4 rings (SSSR count). The molecule has 6 heteroatoms. The predicted molar refractivity (Wildman–Crippen MR) is 120 cm³/mol. The number of hydrogen-bond donors (Lipinski definition) is 2. The normalized spacial score (nSPS) is 11.8. The highest BCUT2D eigenvalue weighted by Crippen LogP contribution is 2.31. The van der Waals surface area contributed by atoms with E-state index in [-0.39, 0.29) is 5.91 Å². The van der Waals surface area contributed by atoms with Crippen molar-refractivity contribution in [2.75, 3.05) is 17.7 Å². The van der Waals surface area contributed by atoms with Crippen LogP contribution in [0.5, 0.6) is 5.75 Å². The third kappa shape index (κ3) is 4.22. The molecule has 1 amide bonds. The number of aromatic nitrogens is 1.